The van der Waals surface area contributed by atoms with Gasteiger partial charge in [0, 0.05) is 38.4 Å². The molecule has 0 aliphatic carbocycles. The Balaban J connectivity index is 1.39. The molecule has 1 aliphatic rings. The molecule has 1 heterocycles. The molecular weight excluding hydrogens is 352 g/mol. The van der Waals surface area contributed by atoms with Crippen LogP contribution in [0.3, 0.4) is 0 Å². The van der Waals surface area contributed by atoms with Crippen molar-refractivity contribution < 1.29 is 14.9 Å². The number of unbranched alkanes of at least 4 members (excludes halogenated alkanes) is 1. The first kappa shape index (κ1) is 20.5. The van der Waals surface area contributed by atoms with Crippen molar-refractivity contribution in [2.75, 3.05) is 44.2 Å². The third kappa shape index (κ3) is 6.14. The Kier molecular flexibility index (Phi) is 7.57. The number of aryl methyl sites for hydroxylation is 1. The molecule has 0 aromatic heterocycles. The molecule has 0 radical (unpaired) electrons. The first-order valence-electron chi connectivity index (χ1n) is 10.3. The van der Waals surface area contributed by atoms with Crippen molar-refractivity contribution >= 4 is 5.69 Å². The fourth-order valence-corrected chi connectivity index (χ4v) is 3.53. The first-order chi connectivity index (χ1) is 13.6. The highest BCUT2D eigenvalue weighted by molar-refractivity contribution is 5.48. The van der Waals surface area contributed by atoms with E-state index in [0.717, 1.165) is 32.6 Å². The van der Waals surface area contributed by atoms with Gasteiger partial charge in [-0.3, -0.25) is 4.90 Å². The molecule has 5 nitrogen and oxygen atoms in total. The molecule has 2 aromatic carbocycles. The number of rotatable bonds is 9. The monoisotopic (exact) mass is 384 g/mol. The Bertz CT molecular complexity index is 695. The van der Waals surface area contributed by atoms with Gasteiger partial charge < -0.3 is 19.8 Å². The van der Waals surface area contributed by atoms with Crippen LogP contribution in [0.5, 0.6) is 11.5 Å². The molecule has 0 unspecified atom stereocenters. The minimum atomic E-state index is -0.529. The van der Waals surface area contributed by atoms with Crippen molar-refractivity contribution in [1.29, 1.82) is 0 Å². The predicted molar refractivity (Wildman–Crippen MR) is 113 cm³/mol. The van der Waals surface area contributed by atoms with Gasteiger partial charge in [-0.05, 0) is 54.8 Å². The maximum atomic E-state index is 10.3. The minimum absolute atomic E-state index is 0.210. The van der Waals surface area contributed by atoms with Crippen LogP contribution in [-0.4, -0.2) is 60.5 Å². The highest BCUT2D eigenvalue weighted by Crippen LogP contribution is 2.19. The van der Waals surface area contributed by atoms with Crippen LogP contribution in [0.1, 0.15) is 25.3 Å². The maximum absolute atomic E-state index is 10.3. The van der Waals surface area contributed by atoms with E-state index < -0.39 is 6.10 Å². The van der Waals surface area contributed by atoms with Crippen LogP contribution in [0.2, 0.25) is 0 Å². The number of phenolic OH excluding ortho intramolecular Hbond substituents is 1. The number of hydrogen-bond donors (Lipinski definition) is 2. The molecule has 0 bridgehead atoms. The summed E-state index contributed by atoms with van der Waals surface area (Å²) < 4.78 is 5.60. The van der Waals surface area contributed by atoms with Crippen molar-refractivity contribution in [2.45, 2.75) is 32.3 Å². The number of anilines is 1. The van der Waals surface area contributed by atoms with Crippen molar-refractivity contribution in [2.24, 2.45) is 0 Å². The van der Waals surface area contributed by atoms with Gasteiger partial charge in [0.1, 0.15) is 24.2 Å². The predicted octanol–water partition coefficient (Wildman–Crippen LogP) is 3.30. The molecule has 2 aromatic rings. The highest BCUT2D eigenvalue weighted by Gasteiger charge is 2.19. The second kappa shape index (κ2) is 10.3. The normalized spacial score (nSPS) is 16.1. The average Bonchev–Trinajstić information content (AvgIpc) is 2.73. The summed E-state index contributed by atoms with van der Waals surface area (Å²) in [6.07, 6.45) is 3.11. The zero-order valence-electron chi connectivity index (χ0n) is 16.8. The van der Waals surface area contributed by atoms with Gasteiger partial charge in [0.05, 0.1) is 0 Å². The zero-order valence-corrected chi connectivity index (χ0v) is 16.8. The SMILES string of the molecule is CCCCc1ccc(N2CCN(C[C@@H](O)COc3ccc(O)cc3)CC2)cc1. The van der Waals surface area contributed by atoms with E-state index in [1.165, 1.54) is 24.1 Å². The molecule has 0 amide bonds. The van der Waals surface area contributed by atoms with Crippen molar-refractivity contribution in [1.82, 2.24) is 4.90 Å². The van der Waals surface area contributed by atoms with Crippen molar-refractivity contribution in [3.63, 3.8) is 0 Å². The van der Waals surface area contributed by atoms with E-state index in [9.17, 15) is 10.2 Å². The Morgan fingerprint density at radius 2 is 1.64 bits per heavy atom. The first-order valence-corrected chi connectivity index (χ1v) is 10.3. The standard InChI is InChI=1S/C23H32N2O3/c1-2-3-4-19-5-7-20(8-6-19)25-15-13-24(14-16-25)17-22(27)18-28-23-11-9-21(26)10-12-23/h5-12,22,26-27H,2-4,13-18H2,1H3/t22-/m1/s1. The summed E-state index contributed by atoms with van der Waals surface area (Å²) in [5.74, 6) is 0.866. The topological polar surface area (TPSA) is 56.2 Å². The number of benzene rings is 2. The second-order valence-corrected chi connectivity index (χ2v) is 7.52. The summed E-state index contributed by atoms with van der Waals surface area (Å²) in [6, 6.07) is 15.5. The number of aromatic hydroxyl groups is 1. The molecule has 0 spiro atoms. The summed E-state index contributed by atoms with van der Waals surface area (Å²) in [5.41, 5.74) is 2.71. The number of β-amino-alcohol motifs (C(OH)–C–C–N with tert-alkyl or cyclic N) is 1. The number of hydrogen-bond acceptors (Lipinski definition) is 5. The van der Waals surface area contributed by atoms with Gasteiger partial charge in [0.15, 0.2) is 0 Å². The molecule has 1 saturated heterocycles. The summed E-state index contributed by atoms with van der Waals surface area (Å²) in [7, 11) is 0. The Morgan fingerprint density at radius 3 is 2.29 bits per heavy atom. The van der Waals surface area contributed by atoms with Crippen molar-refractivity contribution in [3.8, 4) is 11.5 Å². The van der Waals surface area contributed by atoms with Gasteiger partial charge in [0.2, 0.25) is 0 Å². The lowest BCUT2D eigenvalue weighted by atomic mass is 10.1. The fourth-order valence-electron chi connectivity index (χ4n) is 3.53. The van der Waals surface area contributed by atoms with Gasteiger partial charge in [-0.25, -0.2) is 0 Å². The van der Waals surface area contributed by atoms with Crippen LogP contribution in [-0.2, 0) is 6.42 Å². The van der Waals surface area contributed by atoms with Gasteiger partial charge >= 0.3 is 0 Å². The van der Waals surface area contributed by atoms with Gasteiger partial charge in [-0.15, -0.1) is 0 Å². The summed E-state index contributed by atoms with van der Waals surface area (Å²) in [5, 5.41) is 19.6. The quantitative estimate of drug-likeness (QED) is 0.695. The highest BCUT2D eigenvalue weighted by atomic mass is 16.5. The largest absolute Gasteiger partial charge is 0.508 e. The lowest BCUT2D eigenvalue weighted by Crippen LogP contribution is -2.49. The van der Waals surface area contributed by atoms with Crippen LogP contribution < -0.4 is 9.64 Å². The van der Waals surface area contributed by atoms with Gasteiger partial charge in [-0.2, -0.15) is 0 Å². The van der Waals surface area contributed by atoms with Crippen LogP contribution >= 0.6 is 0 Å². The van der Waals surface area contributed by atoms with Crippen LogP contribution in [0.4, 0.5) is 5.69 Å². The molecule has 0 saturated carbocycles. The van der Waals surface area contributed by atoms with Crippen LogP contribution in [0.25, 0.3) is 0 Å². The van der Waals surface area contributed by atoms with E-state index in [-0.39, 0.29) is 12.4 Å². The lowest BCUT2D eigenvalue weighted by Gasteiger charge is -2.37. The smallest absolute Gasteiger partial charge is 0.119 e. The molecule has 152 valence electrons. The van der Waals surface area contributed by atoms with Crippen molar-refractivity contribution in [3.05, 3.63) is 54.1 Å². The number of aliphatic hydroxyl groups is 1. The maximum Gasteiger partial charge on any atom is 0.119 e. The molecule has 3 rings (SSSR count). The number of piperazine rings is 1. The molecule has 1 atom stereocenters. The van der Waals surface area contributed by atoms with Crippen LogP contribution in [0.15, 0.2) is 48.5 Å². The summed E-state index contributed by atoms with van der Waals surface area (Å²) >= 11 is 0. The summed E-state index contributed by atoms with van der Waals surface area (Å²) in [4.78, 5) is 4.70. The Labute approximate surface area is 168 Å². The number of ether oxygens (including phenoxy) is 1. The van der Waals surface area contributed by atoms with Crippen LogP contribution in [0, 0.1) is 0 Å². The fraction of sp³-hybridized carbons (Fsp3) is 0.478. The number of aliphatic hydroxyl groups excluding tert-OH is 1. The van der Waals surface area contributed by atoms with E-state index in [1.807, 2.05) is 0 Å². The number of phenols is 1. The van der Waals surface area contributed by atoms with E-state index in [2.05, 4.69) is 41.0 Å². The third-order valence-corrected chi connectivity index (χ3v) is 5.24. The molecule has 1 aliphatic heterocycles. The number of nitrogens with zero attached hydrogens (tertiary/aromatic N) is 2. The third-order valence-electron chi connectivity index (χ3n) is 5.24. The zero-order chi connectivity index (χ0) is 19.8. The molecule has 2 N–H and O–H groups in total. The lowest BCUT2D eigenvalue weighted by molar-refractivity contribution is 0.0663. The van der Waals surface area contributed by atoms with E-state index in [4.69, 9.17) is 4.74 Å². The van der Waals surface area contributed by atoms with Gasteiger partial charge in [0.25, 0.3) is 0 Å². The van der Waals surface area contributed by atoms with E-state index in [1.54, 1.807) is 24.3 Å². The van der Waals surface area contributed by atoms with E-state index >= 15 is 0 Å². The molecule has 28 heavy (non-hydrogen) atoms. The second-order valence-electron chi connectivity index (χ2n) is 7.52. The molecule has 1 fully saturated rings. The Hall–Kier alpha value is -2.24. The average molecular weight is 385 g/mol. The summed E-state index contributed by atoms with van der Waals surface area (Å²) in [6.45, 7) is 6.91. The van der Waals surface area contributed by atoms with Gasteiger partial charge in [-0.1, -0.05) is 25.5 Å². The molecule has 5 heteroatoms. The van der Waals surface area contributed by atoms with E-state index in [0.29, 0.717) is 12.3 Å². The minimum Gasteiger partial charge on any atom is -0.508 e. The molecular formula is C23H32N2O3. The Morgan fingerprint density at radius 1 is 0.964 bits per heavy atom.